The van der Waals surface area contributed by atoms with E-state index in [0.717, 1.165) is 48.5 Å². The standard InChI is InChI=1S/C74H89ClN8O27/c1-27(2)15-29(4)66(96)82-54-57(90)33-10-14-44(39(75)19-33)106-47-22-35-21-46(63(47)110-73-64(61(94)59(92)48(26-84)108-73)107-45-16-28(3)56(89)60(93)58(45)91)105-37-11-7-31(8-12-37)62(109-50-25-74(6,77)65(95)30(5)104-50)55-71(101)79-41(72(102)103)20-34-17-36(85)23-43(87)51(34)38-18-32(9-13-42(38)86)52(68(98)83-55)81-69(99)53(35)80-67(97)40(24-49(76)88)78-70(54)100/h7-14,17-19,21-23,27-30,40-41,45,48,50,52-62,64-65,73,84-87,89-95H,15-16,20,24-26,77H2,1-6H3,(H2,76,88)(H,78,100)(H,79,101)(H,80,97)(H,81,99)(H,82,96)(H,83,98)(H,102,103)/t28-,29?,30+,40?,41?,45-,48-,50+,52?,53?,54?,55?,56+,57?,58+,59-,60-,61+,62?,64+,65+,73+,74+/m1/s1. The number of carboxylic acids is 1. The molecular formula is C74H89ClN8O27. The predicted molar refractivity (Wildman–Crippen MR) is 380 cm³/mol. The maximum Gasteiger partial charge on any atom is 0.326 e. The number of aromatic hydroxyl groups is 3. The van der Waals surface area contributed by atoms with Crippen LogP contribution in [0.3, 0.4) is 0 Å². The van der Waals surface area contributed by atoms with Gasteiger partial charge >= 0.3 is 5.97 Å². The van der Waals surface area contributed by atoms with Crippen LogP contribution < -0.4 is 57.6 Å². The number of hydrogen-bond acceptors (Lipinski definition) is 27. The van der Waals surface area contributed by atoms with Crippen molar-refractivity contribution in [3.8, 4) is 57.1 Å². The summed E-state index contributed by atoms with van der Waals surface area (Å²) in [5, 5.41) is 151. The fraction of sp³-hybridized carbons (Fsp3) is 0.486. The quantitative estimate of drug-likeness (QED) is 0.0689. The minimum Gasteiger partial charge on any atom is -0.508 e. The number of carbonyl (C=O) groups excluding carboxylic acids is 7. The molecule has 0 radical (unpaired) electrons. The maximum atomic E-state index is 16.4. The molecule has 0 aromatic heterocycles. The van der Waals surface area contributed by atoms with Crippen LogP contribution in [0.5, 0.6) is 46.0 Å². The number of phenolic OH excluding ortho intramolecular Hbond substituents is 3. The summed E-state index contributed by atoms with van der Waals surface area (Å²) in [6, 6.07) is 3.00. The zero-order chi connectivity index (χ0) is 80.0. The number of rotatable bonds is 14. The van der Waals surface area contributed by atoms with E-state index in [2.05, 4.69) is 31.9 Å². The van der Waals surface area contributed by atoms with Crippen LogP contribution in [0.2, 0.25) is 5.02 Å². The lowest BCUT2D eigenvalue weighted by molar-refractivity contribution is -0.307. The molecule has 2 saturated heterocycles. The number of hydrogen-bond donors (Lipinski definition) is 20. The number of primary amides is 1. The van der Waals surface area contributed by atoms with Gasteiger partial charge in [-0.05, 0) is 121 Å². The molecule has 7 amide bonds. The van der Waals surface area contributed by atoms with Crippen LogP contribution in [0.25, 0.3) is 11.1 Å². The normalized spacial score (nSPS) is 32.3. The monoisotopic (exact) mass is 1560 g/mol. The molecule has 594 valence electrons. The summed E-state index contributed by atoms with van der Waals surface area (Å²) in [6.07, 6.45) is -26.2. The highest BCUT2D eigenvalue weighted by Crippen LogP contribution is 2.49. The minimum atomic E-state index is -2.36. The number of carboxylic acid groups (broad SMARTS) is 1. The molecule has 35 nitrogen and oxygen atoms in total. The number of aliphatic carboxylic acids is 1. The van der Waals surface area contributed by atoms with E-state index < -0.39 is 246 Å². The third-order valence-corrected chi connectivity index (χ3v) is 20.7. The molecule has 0 spiro atoms. The van der Waals surface area contributed by atoms with Crippen molar-refractivity contribution in [3.63, 3.8) is 0 Å². The van der Waals surface area contributed by atoms with Gasteiger partial charge in [0.25, 0.3) is 0 Å². The Morgan fingerprint density at radius 2 is 1.35 bits per heavy atom. The molecule has 5 aromatic carbocycles. The Morgan fingerprint density at radius 3 is 2.00 bits per heavy atom. The Balaban J connectivity index is 1.18. The van der Waals surface area contributed by atoms with Crippen LogP contribution in [-0.4, -0.2) is 219 Å². The summed E-state index contributed by atoms with van der Waals surface area (Å²) < 4.78 is 45.5. The number of halogens is 1. The van der Waals surface area contributed by atoms with E-state index in [-0.39, 0.29) is 75.1 Å². The van der Waals surface area contributed by atoms with Crippen LogP contribution in [-0.2, 0) is 63.7 Å². The van der Waals surface area contributed by atoms with Crippen molar-refractivity contribution in [1.82, 2.24) is 31.9 Å². The summed E-state index contributed by atoms with van der Waals surface area (Å²) in [6.45, 7) is 8.73. The van der Waals surface area contributed by atoms with Gasteiger partial charge in [0.15, 0.2) is 17.8 Å². The number of nitrogens with two attached hydrogens (primary N) is 2. The Kier molecular flexibility index (Phi) is 24.5. The van der Waals surface area contributed by atoms with Crippen LogP contribution in [0.4, 0.5) is 0 Å². The average Bonchev–Trinajstić information content (AvgIpc) is 1.00. The number of ether oxygens (including phenoxy) is 7. The number of nitrogens with one attached hydrogen (secondary N) is 6. The molecule has 23 atom stereocenters. The van der Waals surface area contributed by atoms with E-state index in [0.29, 0.717) is 0 Å². The van der Waals surface area contributed by atoms with Crippen LogP contribution in [0, 0.1) is 17.8 Å². The molecule has 11 bridgehead atoms. The van der Waals surface area contributed by atoms with E-state index in [4.69, 9.17) is 56.2 Å². The molecule has 5 aromatic rings. The molecule has 13 rings (SSSR count). The van der Waals surface area contributed by atoms with Crippen molar-refractivity contribution in [2.24, 2.45) is 29.2 Å². The SMILES string of the molecule is CC(C)CC(C)C(=O)NC1C(=O)NC(CC(N)=O)C(=O)NC2C(=O)NC3C(=O)NC(C(=O)NC(C(=O)O)Cc4cc(O)cc(O)c4-c4cc3ccc4O)C(O[C@H]3C[C@](C)(N)[C@@H](O)[C@H](C)O3)c3ccc(cc3)Oc3cc2cc(c3O[C@@H]2O[C@H](CO)[C@@H](O)[C@H](O)[C@@H]2O[C@@H]2C[C@@H](C)[C@H](O)[C@@H](O)[C@H]2O)Oc2ccc(cc2Cl)C1O. The summed E-state index contributed by atoms with van der Waals surface area (Å²) >= 11 is 7.11. The van der Waals surface area contributed by atoms with Crippen LogP contribution in [0.1, 0.15) is 119 Å². The smallest absolute Gasteiger partial charge is 0.326 e. The zero-order valence-corrected chi connectivity index (χ0v) is 60.9. The van der Waals surface area contributed by atoms with Gasteiger partial charge in [0.05, 0.1) is 42.5 Å². The number of aliphatic hydroxyl groups is 8. The lowest BCUT2D eigenvalue weighted by Crippen LogP contribution is -2.63. The van der Waals surface area contributed by atoms with Gasteiger partial charge in [0.2, 0.25) is 53.4 Å². The number of aliphatic hydroxyl groups excluding tert-OH is 8. The van der Waals surface area contributed by atoms with Gasteiger partial charge in [0.1, 0.15) is 114 Å². The molecule has 36 heteroatoms. The molecule has 22 N–H and O–H groups in total. The first-order chi connectivity index (χ1) is 51.9. The molecular weight excluding hydrogens is 1470 g/mol. The average molecular weight is 1560 g/mol. The summed E-state index contributed by atoms with van der Waals surface area (Å²) in [4.78, 5) is 119. The highest BCUT2D eigenvalue weighted by molar-refractivity contribution is 6.32. The predicted octanol–water partition coefficient (Wildman–Crippen LogP) is -0.114. The van der Waals surface area contributed by atoms with Crippen molar-refractivity contribution in [3.05, 3.63) is 118 Å². The Hall–Kier alpha value is -9.57. The van der Waals surface area contributed by atoms with Crippen LogP contribution >= 0.6 is 11.6 Å². The molecule has 7 heterocycles. The molecule has 110 heavy (non-hydrogen) atoms. The number of carbonyl (C=O) groups is 8. The van der Waals surface area contributed by atoms with Gasteiger partial charge in [-0.1, -0.05) is 63.6 Å². The summed E-state index contributed by atoms with van der Waals surface area (Å²) in [5.74, 6) is -16.6. The summed E-state index contributed by atoms with van der Waals surface area (Å²) in [5.41, 5.74) is 9.06. The van der Waals surface area contributed by atoms with Crippen molar-refractivity contribution >= 4 is 58.9 Å². The second-order valence-electron chi connectivity index (χ2n) is 29.4. The minimum absolute atomic E-state index is 0.0368. The van der Waals surface area contributed by atoms with E-state index >= 15 is 19.2 Å². The van der Waals surface area contributed by atoms with E-state index in [1.54, 1.807) is 6.92 Å². The van der Waals surface area contributed by atoms with E-state index in [1.165, 1.54) is 57.2 Å². The van der Waals surface area contributed by atoms with Gasteiger partial charge in [0, 0.05) is 41.5 Å². The van der Waals surface area contributed by atoms with Crippen molar-refractivity contribution < 1.29 is 133 Å². The van der Waals surface area contributed by atoms with Gasteiger partial charge in [-0.3, -0.25) is 33.6 Å². The maximum absolute atomic E-state index is 16.4. The molecule has 9 unspecified atom stereocenters. The van der Waals surface area contributed by atoms with Gasteiger partial charge < -0.3 is 138 Å². The highest BCUT2D eigenvalue weighted by Gasteiger charge is 2.52. The number of benzene rings is 5. The first-order valence-corrected chi connectivity index (χ1v) is 35.9. The first kappa shape index (κ1) is 81.4. The number of amides is 7. The molecule has 1 saturated carbocycles. The van der Waals surface area contributed by atoms with Gasteiger partial charge in [-0.2, -0.15) is 0 Å². The van der Waals surface area contributed by atoms with E-state index in [9.17, 15) is 80.5 Å². The third kappa shape index (κ3) is 17.4. The fourth-order valence-corrected chi connectivity index (χ4v) is 14.7. The fourth-order valence-electron chi connectivity index (χ4n) is 14.5. The molecule has 1 aliphatic carbocycles. The van der Waals surface area contributed by atoms with Crippen molar-refractivity contribution in [2.75, 3.05) is 6.61 Å². The van der Waals surface area contributed by atoms with Crippen LogP contribution in [0.15, 0.2) is 84.9 Å². The Labute approximate surface area is 633 Å². The first-order valence-electron chi connectivity index (χ1n) is 35.5. The lowest BCUT2D eigenvalue weighted by atomic mass is 9.81. The second-order valence-corrected chi connectivity index (χ2v) is 29.8. The number of fused-ring (bicyclic) bond motifs is 15. The Bertz CT molecular complexity index is 4330. The van der Waals surface area contributed by atoms with E-state index in [1.807, 2.05) is 13.8 Å². The van der Waals surface area contributed by atoms with Crippen molar-refractivity contribution in [1.29, 1.82) is 0 Å². The molecule has 7 aliphatic heterocycles. The number of phenols is 3. The topological polar surface area (TPSA) is 568 Å². The lowest BCUT2D eigenvalue weighted by Gasteiger charge is -2.46. The largest absolute Gasteiger partial charge is 0.508 e. The zero-order valence-electron chi connectivity index (χ0n) is 60.1. The third-order valence-electron chi connectivity index (χ3n) is 20.4. The highest BCUT2D eigenvalue weighted by atomic mass is 35.5. The summed E-state index contributed by atoms with van der Waals surface area (Å²) in [7, 11) is 0. The second kappa shape index (κ2) is 33.2. The molecule has 8 aliphatic rings. The van der Waals surface area contributed by atoms with Crippen molar-refractivity contribution in [2.45, 2.75) is 201 Å². The van der Waals surface area contributed by atoms with Gasteiger partial charge in [-0.25, -0.2) is 4.79 Å². The molecule has 3 fully saturated rings. The van der Waals surface area contributed by atoms with Gasteiger partial charge in [-0.15, -0.1) is 0 Å². The Morgan fingerprint density at radius 1 is 0.691 bits per heavy atom.